The summed E-state index contributed by atoms with van der Waals surface area (Å²) in [5, 5.41) is 6.91. The highest BCUT2D eigenvalue weighted by atomic mass is 32.2. The first-order valence-corrected chi connectivity index (χ1v) is 9.04. The number of aliphatic imine (C=N–C) groups is 1. The van der Waals surface area contributed by atoms with Gasteiger partial charge >= 0.3 is 0 Å². The van der Waals surface area contributed by atoms with E-state index >= 15 is 0 Å². The minimum Gasteiger partial charge on any atom is -0.352 e. The van der Waals surface area contributed by atoms with E-state index in [4.69, 9.17) is 5.73 Å². The van der Waals surface area contributed by atoms with Crippen molar-refractivity contribution in [2.75, 3.05) is 18.1 Å². The van der Waals surface area contributed by atoms with E-state index in [9.17, 15) is 0 Å². The SMILES string of the molecule is C=CCN=C(Nc1ccccc1SC)N[C@H]1CCCC[C@@H]1N. The molecular formula is C17H26N4S. The van der Waals surface area contributed by atoms with Gasteiger partial charge in [-0.2, -0.15) is 0 Å². The van der Waals surface area contributed by atoms with Crippen LogP contribution in [0, 0.1) is 0 Å². The molecular weight excluding hydrogens is 292 g/mol. The Kier molecular flexibility index (Phi) is 6.80. The summed E-state index contributed by atoms with van der Waals surface area (Å²) in [6.07, 6.45) is 8.49. The molecule has 0 aromatic heterocycles. The zero-order valence-corrected chi connectivity index (χ0v) is 14.0. The van der Waals surface area contributed by atoms with Crippen molar-refractivity contribution in [1.29, 1.82) is 0 Å². The molecule has 0 aliphatic heterocycles. The van der Waals surface area contributed by atoms with Crippen LogP contribution in [0.3, 0.4) is 0 Å². The third-order valence-corrected chi connectivity index (χ3v) is 4.68. The second-order valence-electron chi connectivity index (χ2n) is 5.50. The van der Waals surface area contributed by atoms with Crippen molar-refractivity contribution in [1.82, 2.24) is 5.32 Å². The van der Waals surface area contributed by atoms with Crippen molar-refractivity contribution in [2.24, 2.45) is 10.7 Å². The summed E-state index contributed by atoms with van der Waals surface area (Å²) in [6, 6.07) is 8.72. The summed E-state index contributed by atoms with van der Waals surface area (Å²) < 4.78 is 0. The largest absolute Gasteiger partial charge is 0.352 e. The Hall–Kier alpha value is -1.46. The predicted molar refractivity (Wildman–Crippen MR) is 97.7 cm³/mol. The zero-order chi connectivity index (χ0) is 15.8. The van der Waals surface area contributed by atoms with Gasteiger partial charge in [-0.15, -0.1) is 18.3 Å². The minimum absolute atomic E-state index is 0.195. The van der Waals surface area contributed by atoms with Gasteiger partial charge < -0.3 is 16.4 Å². The molecule has 4 N–H and O–H groups in total. The van der Waals surface area contributed by atoms with Gasteiger partial charge in [-0.3, -0.25) is 0 Å². The van der Waals surface area contributed by atoms with Gasteiger partial charge in [0, 0.05) is 17.0 Å². The highest BCUT2D eigenvalue weighted by Crippen LogP contribution is 2.24. The first-order valence-electron chi connectivity index (χ1n) is 7.82. The third-order valence-electron chi connectivity index (χ3n) is 3.88. The summed E-state index contributed by atoms with van der Waals surface area (Å²) in [6.45, 7) is 4.33. The zero-order valence-electron chi connectivity index (χ0n) is 13.2. The van der Waals surface area contributed by atoms with E-state index in [1.807, 2.05) is 12.1 Å². The molecule has 120 valence electrons. The molecule has 1 aliphatic rings. The van der Waals surface area contributed by atoms with Gasteiger partial charge in [0.25, 0.3) is 0 Å². The van der Waals surface area contributed by atoms with Gasteiger partial charge in [0.2, 0.25) is 0 Å². The quantitative estimate of drug-likeness (QED) is 0.338. The van der Waals surface area contributed by atoms with Gasteiger partial charge in [0.05, 0.1) is 12.2 Å². The van der Waals surface area contributed by atoms with E-state index in [2.05, 4.69) is 40.6 Å². The van der Waals surface area contributed by atoms with Gasteiger partial charge in [0.15, 0.2) is 5.96 Å². The second-order valence-corrected chi connectivity index (χ2v) is 6.35. The number of nitrogens with zero attached hydrogens (tertiary/aromatic N) is 1. The van der Waals surface area contributed by atoms with Crippen LogP contribution >= 0.6 is 11.8 Å². The van der Waals surface area contributed by atoms with Crippen molar-refractivity contribution in [3.63, 3.8) is 0 Å². The molecule has 0 radical (unpaired) electrons. The first kappa shape index (κ1) is 16.9. The lowest BCUT2D eigenvalue weighted by atomic mass is 9.91. The number of hydrogen-bond donors (Lipinski definition) is 3. The lowest BCUT2D eigenvalue weighted by Crippen LogP contribution is -2.51. The van der Waals surface area contributed by atoms with Crippen molar-refractivity contribution < 1.29 is 0 Å². The Morgan fingerprint density at radius 1 is 1.41 bits per heavy atom. The van der Waals surface area contributed by atoms with E-state index in [-0.39, 0.29) is 12.1 Å². The number of para-hydroxylation sites is 1. The van der Waals surface area contributed by atoms with Crippen molar-refractivity contribution in [3.8, 4) is 0 Å². The third kappa shape index (κ3) is 4.78. The van der Waals surface area contributed by atoms with E-state index < -0.39 is 0 Å². The number of rotatable bonds is 5. The Bertz CT molecular complexity index is 515. The monoisotopic (exact) mass is 318 g/mol. The smallest absolute Gasteiger partial charge is 0.196 e. The highest BCUT2D eigenvalue weighted by molar-refractivity contribution is 7.98. The Morgan fingerprint density at radius 2 is 2.18 bits per heavy atom. The Balaban J connectivity index is 2.10. The van der Waals surface area contributed by atoms with E-state index in [0.717, 1.165) is 24.5 Å². The molecule has 0 amide bonds. The van der Waals surface area contributed by atoms with Crippen molar-refractivity contribution in [3.05, 3.63) is 36.9 Å². The summed E-state index contributed by atoms with van der Waals surface area (Å²) in [7, 11) is 0. The summed E-state index contributed by atoms with van der Waals surface area (Å²) in [4.78, 5) is 5.75. The number of nitrogens with one attached hydrogen (secondary N) is 2. The fourth-order valence-electron chi connectivity index (χ4n) is 2.67. The predicted octanol–water partition coefficient (Wildman–Crippen LogP) is 3.22. The van der Waals surface area contributed by atoms with Crippen LogP contribution in [0.1, 0.15) is 25.7 Å². The van der Waals surface area contributed by atoms with E-state index in [1.165, 1.54) is 17.7 Å². The fraction of sp³-hybridized carbons (Fsp3) is 0.471. The Labute approximate surface area is 137 Å². The molecule has 0 saturated heterocycles. The first-order chi connectivity index (χ1) is 10.7. The van der Waals surface area contributed by atoms with Crippen LogP contribution in [0.5, 0.6) is 0 Å². The van der Waals surface area contributed by atoms with E-state index in [0.29, 0.717) is 6.54 Å². The number of nitrogens with two attached hydrogens (primary N) is 1. The molecule has 5 heteroatoms. The maximum Gasteiger partial charge on any atom is 0.196 e. The molecule has 1 aromatic carbocycles. The number of guanidine groups is 1. The lowest BCUT2D eigenvalue weighted by molar-refractivity contribution is 0.360. The number of anilines is 1. The average Bonchev–Trinajstić information content (AvgIpc) is 2.55. The van der Waals surface area contributed by atoms with Gasteiger partial charge in [0.1, 0.15) is 0 Å². The lowest BCUT2D eigenvalue weighted by Gasteiger charge is -2.30. The summed E-state index contributed by atoms with van der Waals surface area (Å²) in [5.41, 5.74) is 7.30. The van der Waals surface area contributed by atoms with Crippen LogP contribution in [0.25, 0.3) is 0 Å². The molecule has 1 aliphatic carbocycles. The van der Waals surface area contributed by atoms with Crippen LogP contribution in [0.15, 0.2) is 46.8 Å². The molecule has 2 rings (SSSR count). The van der Waals surface area contributed by atoms with E-state index in [1.54, 1.807) is 17.8 Å². The normalized spacial score (nSPS) is 22.2. The van der Waals surface area contributed by atoms with Gasteiger partial charge in [-0.05, 0) is 31.2 Å². The average molecular weight is 318 g/mol. The van der Waals surface area contributed by atoms with Crippen LogP contribution in [-0.4, -0.2) is 30.8 Å². The molecule has 2 atom stereocenters. The maximum atomic E-state index is 6.24. The molecule has 1 aromatic rings. The topological polar surface area (TPSA) is 62.4 Å². The highest BCUT2D eigenvalue weighted by Gasteiger charge is 2.22. The second kappa shape index (κ2) is 8.86. The maximum absolute atomic E-state index is 6.24. The molecule has 1 saturated carbocycles. The van der Waals surface area contributed by atoms with Crippen LogP contribution in [0.2, 0.25) is 0 Å². The molecule has 0 unspecified atom stereocenters. The van der Waals surface area contributed by atoms with Crippen molar-refractivity contribution in [2.45, 2.75) is 42.7 Å². The fourth-order valence-corrected chi connectivity index (χ4v) is 3.22. The molecule has 0 spiro atoms. The molecule has 4 nitrogen and oxygen atoms in total. The molecule has 0 heterocycles. The van der Waals surface area contributed by atoms with Crippen LogP contribution < -0.4 is 16.4 Å². The van der Waals surface area contributed by atoms with Crippen LogP contribution in [0.4, 0.5) is 5.69 Å². The van der Waals surface area contributed by atoms with Gasteiger partial charge in [-0.25, -0.2) is 4.99 Å². The standard InChI is InChI=1S/C17H26N4S/c1-3-12-19-17(20-14-9-5-4-8-13(14)18)21-15-10-6-7-11-16(15)22-2/h3,6-7,10-11,13-14H,1,4-5,8-9,12,18H2,2H3,(H2,19,20,21)/t13-,14-/m0/s1. The number of benzene rings is 1. The van der Waals surface area contributed by atoms with Gasteiger partial charge in [-0.1, -0.05) is 31.1 Å². The molecule has 1 fully saturated rings. The Morgan fingerprint density at radius 3 is 2.91 bits per heavy atom. The van der Waals surface area contributed by atoms with Crippen molar-refractivity contribution >= 4 is 23.4 Å². The molecule has 22 heavy (non-hydrogen) atoms. The van der Waals surface area contributed by atoms with Crippen LogP contribution in [-0.2, 0) is 0 Å². The minimum atomic E-state index is 0.195. The number of hydrogen-bond acceptors (Lipinski definition) is 3. The summed E-state index contributed by atoms with van der Waals surface area (Å²) >= 11 is 1.72. The number of thioether (sulfide) groups is 1. The summed E-state index contributed by atoms with van der Waals surface area (Å²) in [5.74, 6) is 0.781. The molecule has 0 bridgehead atoms.